The van der Waals surface area contributed by atoms with Crippen LogP contribution in [0.3, 0.4) is 0 Å². The minimum atomic E-state index is -3.47. The van der Waals surface area contributed by atoms with Crippen LogP contribution in [0.5, 0.6) is 0 Å². The van der Waals surface area contributed by atoms with E-state index in [1.807, 2.05) is 35.7 Å². The van der Waals surface area contributed by atoms with Crippen molar-refractivity contribution < 1.29 is 13.2 Å². The van der Waals surface area contributed by atoms with Crippen molar-refractivity contribution in [2.24, 2.45) is 0 Å². The summed E-state index contributed by atoms with van der Waals surface area (Å²) in [7, 11) is -3.47. The lowest BCUT2D eigenvalue weighted by atomic mass is 10.2. The Morgan fingerprint density at radius 1 is 0.969 bits per heavy atom. The standard InChI is InChI=1S/C24H25N3O3S2/c28-23(15-10-19-8-4-3-5-9-19)26-24-25-22(18-31-24)20-11-13-21(14-12-20)32(29,30)27-16-6-1-2-7-17-27/h3-5,8-15,18H,1-2,6-7,16-17H2,(H,25,26,28). The SMILES string of the molecule is O=C(C=Cc1ccccc1)Nc1nc(-c2ccc(S(=O)(=O)N3CCCCCC3)cc2)cs1. The van der Waals surface area contributed by atoms with Crippen molar-refractivity contribution in [3.8, 4) is 11.3 Å². The lowest BCUT2D eigenvalue weighted by Gasteiger charge is -2.19. The molecule has 0 atom stereocenters. The van der Waals surface area contributed by atoms with Crippen molar-refractivity contribution in [1.82, 2.24) is 9.29 Å². The van der Waals surface area contributed by atoms with E-state index in [0.717, 1.165) is 36.8 Å². The number of amides is 1. The van der Waals surface area contributed by atoms with Crippen LogP contribution in [0.1, 0.15) is 31.2 Å². The molecular weight excluding hydrogens is 442 g/mol. The number of hydrogen-bond acceptors (Lipinski definition) is 5. The van der Waals surface area contributed by atoms with E-state index < -0.39 is 10.0 Å². The summed E-state index contributed by atoms with van der Waals surface area (Å²) in [5.41, 5.74) is 2.44. The van der Waals surface area contributed by atoms with Crippen LogP contribution < -0.4 is 5.32 Å². The molecule has 0 unspecified atom stereocenters. The highest BCUT2D eigenvalue weighted by Gasteiger charge is 2.25. The summed E-state index contributed by atoms with van der Waals surface area (Å²) < 4.78 is 27.5. The average molecular weight is 468 g/mol. The van der Waals surface area contributed by atoms with Crippen LogP contribution in [-0.4, -0.2) is 36.7 Å². The van der Waals surface area contributed by atoms with Gasteiger partial charge in [0.15, 0.2) is 5.13 Å². The molecule has 2 heterocycles. The number of rotatable bonds is 6. The minimum absolute atomic E-state index is 0.256. The van der Waals surface area contributed by atoms with E-state index in [-0.39, 0.29) is 5.91 Å². The van der Waals surface area contributed by atoms with E-state index in [0.29, 0.717) is 28.8 Å². The fraction of sp³-hybridized carbons (Fsp3) is 0.250. The van der Waals surface area contributed by atoms with Crippen LogP contribution >= 0.6 is 11.3 Å². The predicted octanol–water partition coefficient (Wildman–Crippen LogP) is 5.03. The first-order valence-electron chi connectivity index (χ1n) is 10.6. The Hall–Kier alpha value is -2.81. The summed E-state index contributed by atoms with van der Waals surface area (Å²) in [6.07, 6.45) is 7.19. The van der Waals surface area contributed by atoms with E-state index in [2.05, 4.69) is 10.3 Å². The minimum Gasteiger partial charge on any atom is -0.298 e. The van der Waals surface area contributed by atoms with Crippen molar-refractivity contribution in [2.45, 2.75) is 30.6 Å². The second-order valence-corrected chi connectivity index (χ2v) is 10.4. The topological polar surface area (TPSA) is 79.4 Å². The van der Waals surface area contributed by atoms with E-state index >= 15 is 0 Å². The van der Waals surface area contributed by atoms with E-state index in [1.165, 1.54) is 17.4 Å². The highest BCUT2D eigenvalue weighted by atomic mass is 32.2. The van der Waals surface area contributed by atoms with Crippen LogP contribution in [0.15, 0.2) is 70.9 Å². The highest BCUT2D eigenvalue weighted by Crippen LogP contribution is 2.27. The van der Waals surface area contributed by atoms with Crippen molar-refractivity contribution in [3.63, 3.8) is 0 Å². The summed E-state index contributed by atoms with van der Waals surface area (Å²) in [5.74, 6) is -0.256. The van der Waals surface area contributed by atoms with Gasteiger partial charge in [-0.15, -0.1) is 11.3 Å². The molecule has 3 aromatic rings. The number of benzene rings is 2. The van der Waals surface area contributed by atoms with Crippen LogP contribution in [0.4, 0.5) is 5.13 Å². The van der Waals surface area contributed by atoms with Crippen molar-refractivity contribution in [2.75, 3.05) is 18.4 Å². The number of thiazole rings is 1. The summed E-state index contributed by atoms with van der Waals surface area (Å²) in [5, 5.41) is 5.10. The Kier molecular flexibility index (Phi) is 7.14. The summed E-state index contributed by atoms with van der Waals surface area (Å²) in [6, 6.07) is 16.4. The van der Waals surface area contributed by atoms with Gasteiger partial charge in [0.2, 0.25) is 15.9 Å². The molecule has 0 aliphatic carbocycles. The molecule has 0 radical (unpaired) electrons. The van der Waals surface area contributed by atoms with Gasteiger partial charge in [-0.2, -0.15) is 4.31 Å². The van der Waals surface area contributed by atoms with Crippen molar-refractivity contribution in [3.05, 3.63) is 71.6 Å². The van der Waals surface area contributed by atoms with E-state index in [4.69, 9.17) is 0 Å². The fourth-order valence-electron chi connectivity index (χ4n) is 3.58. The Labute approximate surface area is 192 Å². The smallest absolute Gasteiger partial charge is 0.250 e. The van der Waals surface area contributed by atoms with Gasteiger partial charge < -0.3 is 0 Å². The van der Waals surface area contributed by atoms with E-state index in [1.54, 1.807) is 34.6 Å². The highest BCUT2D eigenvalue weighted by molar-refractivity contribution is 7.89. The number of nitrogens with zero attached hydrogens (tertiary/aromatic N) is 2. The molecule has 1 fully saturated rings. The lowest BCUT2D eigenvalue weighted by Crippen LogP contribution is -2.31. The molecule has 1 aromatic heterocycles. The van der Waals surface area contributed by atoms with Gasteiger partial charge in [0.1, 0.15) is 0 Å². The van der Waals surface area contributed by atoms with Gasteiger partial charge in [0.05, 0.1) is 10.6 Å². The zero-order valence-corrected chi connectivity index (χ0v) is 19.2. The van der Waals surface area contributed by atoms with Crippen LogP contribution in [-0.2, 0) is 14.8 Å². The maximum Gasteiger partial charge on any atom is 0.250 e. The summed E-state index contributed by atoms with van der Waals surface area (Å²) in [4.78, 5) is 16.9. The maximum atomic E-state index is 12.9. The Morgan fingerprint density at radius 3 is 2.34 bits per heavy atom. The monoisotopic (exact) mass is 467 g/mol. The second kappa shape index (κ2) is 10.2. The molecule has 1 aliphatic heterocycles. The summed E-state index contributed by atoms with van der Waals surface area (Å²) in [6.45, 7) is 1.16. The molecule has 8 heteroatoms. The molecule has 1 aliphatic rings. The van der Waals surface area contributed by atoms with Gasteiger partial charge in [-0.25, -0.2) is 13.4 Å². The number of sulfonamides is 1. The van der Waals surface area contributed by atoms with Gasteiger partial charge in [0.25, 0.3) is 0 Å². The molecule has 4 rings (SSSR count). The largest absolute Gasteiger partial charge is 0.298 e. The van der Waals surface area contributed by atoms with E-state index in [9.17, 15) is 13.2 Å². The Balaban J connectivity index is 1.42. The molecule has 0 saturated carbocycles. The predicted molar refractivity (Wildman–Crippen MR) is 129 cm³/mol. The lowest BCUT2D eigenvalue weighted by molar-refractivity contribution is -0.111. The quantitative estimate of drug-likeness (QED) is 0.516. The van der Waals surface area contributed by atoms with Gasteiger partial charge in [-0.05, 0) is 36.6 Å². The molecule has 1 N–H and O–H groups in total. The van der Waals surface area contributed by atoms with Gasteiger partial charge in [-0.3, -0.25) is 10.1 Å². The first-order chi connectivity index (χ1) is 15.5. The number of carbonyl (C=O) groups is 1. The zero-order chi connectivity index (χ0) is 22.4. The molecular formula is C24H25N3O3S2. The van der Waals surface area contributed by atoms with Crippen LogP contribution in [0, 0.1) is 0 Å². The molecule has 166 valence electrons. The third kappa shape index (κ3) is 5.51. The van der Waals surface area contributed by atoms with Gasteiger partial charge in [0, 0.05) is 30.1 Å². The Bertz CT molecular complexity index is 1180. The third-order valence-electron chi connectivity index (χ3n) is 5.31. The molecule has 32 heavy (non-hydrogen) atoms. The van der Waals surface area contributed by atoms with Gasteiger partial charge in [-0.1, -0.05) is 55.3 Å². The number of nitrogens with one attached hydrogen (secondary N) is 1. The molecule has 0 bridgehead atoms. The Morgan fingerprint density at radius 2 is 1.66 bits per heavy atom. The maximum absolute atomic E-state index is 12.9. The third-order valence-corrected chi connectivity index (χ3v) is 7.98. The normalized spacial score (nSPS) is 15.5. The average Bonchev–Trinajstić information content (AvgIpc) is 3.09. The molecule has 2 aromatic carbocycles. The molecule has 1 amide bonds. The first kappa shape index (κ1) is 22.4. The fourth-order valence-corrected chi connectivity index (χ4v) is 5.82. The van der Waals surface area contributed by atoms with Crippen molar-refractivity contribution >= 4 is 38.5 Å². The number of aromatic nitrogens is 1. The zero-order valence-electron chi connectivity index (χ0n) is 17.6. The first-order valence-corrected chi connectivity index (χ1v) is 12.9. The number of hydrogen-bond donors (Lipinski definition) is 1. The van der Waals surface area contributed by atoms with Gasteiger partial charge >= 0.3 is 0 Å². The van der Waals surface area contributed by atoms with Crippen LogP contribution in [0.2, 0.25) is 0 Å². The number of anilines is 1. The molecule has 1 saturated heterocycles. The molecule has 6 nitrogen and oxygen atoms in total. The van der Waals surface area contributed by atoms with Crippen molar-refractivity contribution in [1.29, 1.82) is 0 Å². The number of carbonyl (C=O) groups excluding carboxylic acids is 1. The van der Waals surface area contributed by atoms with Crippen LogP contribution in [0.25, 0.3) is 17.3 Å². The summed E-state index contributed by atoms with van der Waals surface area (Å²) >= 11 is 1.33. The second-order valence-electron chi connectivity index (χ2n) is 7.61. The molecule has 0 spiro atoms.